The fourth-order valence-electron chi connectivity index (χ4n) is 3.79. The number of carbonyl (C=O) groups is 1. The van der Waals surface area contributed by atoms with Crippen LogP contribution in [0.1, 0.15) is 85.8 Å². The Hall–Kier alpha value is -1.62. The summed E-state index contributed by atoms with van der Waals surface area (Å²) in [6.45, 7) is 16.6. The number of carbonyl (C=O) groups excluding carboxylic acids is 1. The van der Waals surface area contributed by atoms with E-state index < -0.39 is 5.60 Å². The van der Waals surface area contributed by atoms with E-state index in [-0.39, 0.29) is 12.1 Å². The predicted octanol–water partition coefficient (Wildman–Crippen LogP) is 5.80. The lowest BCUT2D eigenvalue weighted by atomic mass is 9.95. The molecule has 1 amide bonds. The van der Waals surface area contributed by atoms with Gasteiger partial charge in [-0.25, -0.2) is 9.78 Å². The second-order valence-corrected chi connectivity index (χ2v) is 9.46. The lowest BCUT2D eigenvalue weighted by Gasteiger charge is -2.37. The van der Waals surface area contributed by atoms with Crippen LogP contribution in [0.4, 0.5) is 10.6 Å². The third-order valence-corrected chi connectivity index (χ3v) is 5.24. The summed E-state index contributed by atoms with van der Waals surface area (Å²) in [5, 5.41) is 0. The van der Waals surface area contributed by atoms with Crippen molar-refractivity contribution in [2.45, 2.75) is 91.8 Å². The first-order valence-corrected chi connectivity index (χ1v) is 10.8. The van der Waals surface area contributed by atoms with Gasteiger partial charge in [-0.05, 0) is 71.0 Å². The van der Waals surface area contributed by atoms with Crippen molar-refractivity contribution >= 4 is 11.9 Å². The highest BCUT2D eigenvalue weighted by atomic mass is 16.6. The number of piperidine rings is 1. The highest BCUT2D eigenvalue weighted by Crippen LogP contribution is 2.32. The molecule has 0 N–H and O–H groups in total. The van der Waals surface area contributed by atoms with E-state index in [0.29, 0.717) is 17.8 Å². The molecule has 1 aromatic heterocycles. The van der Waals surface area contributed by atoms with E-state index in [1.807, 2.05) is 40.0 Å². The van der Waals surface area contributed by atoms with E-state index in [9.17, 15) is 4.79 Å². The SMILES string of the molecule is CC[C@H](C)N(C(=O)OC(C)(C)C)c1ccc([C@@H]2CCCCN2CC(C)C)cn1. The first-order valence-electron chi connectivity index (χ1n) is 10.8. The Morgan fingerprint density at radius 1 is 1.29 bits per heavy atom. The maximum Gasteiger partial charge on any atom is 0.416 e. The average molecular weight is 390 g/mol. The molecule has 0 spiro atoms. The molecule has 1 fully saturated rings. The average Bonchev–Trinajstić information content (AvgIpc) is 2.61. The van der Waals surface area contributed by atoms with E-state index in [4.69, 9.17) is 4.74 Å². The van der Waals surface area contributed by atoms with Crippen LogP contribution in [0.25, 0.3) is 0 Å². The van der Waals surface area contributed by atoms with E-state index in [0.717, 1.165) is 19.5 Å². The van der Waals surface area contributed by atoms with Gasteiger partial charge in [0.05, 0.1) is 0 Å². The van der Waals surface area contributed by atoms with Gasteiger partial charge in [0, 0.05) is 24.8 Å². The van der Waals surface area contributed by atoms with Crippen molar-refractivity contribution in [1.82, 2.24) is 9.88 Å². The minimum absolute atomic E-state index is 0.0281. The van der Waals surface area contributed by atoms with Gasteiger partial charge < -0.3 is 4.74 Å². The van der Waals surface area contributed by atoms with Crippen LogP contribution in [0, 0.1) is 5.92 Å². The predicted molar refractivity (Wildman–Crippen MR) is 116 cm³/mol. The van der Waals surface area contributed by atoms with Crippen LogP contribution in [0.15, 0.2) is 18.3 Å². The lowest BCUT2D eigenvalue weighted by molar-refractivity contribution is 0.0566. The molecule has 2 heterocycles. The molecule has 0 aromatic carbocycles. The van der Waals surface area contributed by atoms with Gasteiger partial charge in [-0.2, -0.15) is 0 Å². The molecule has 2 atom stereocenters. The van der Waals surface area contributed by atoms with Crippen LogP contribution in [-0.4, -0.2) is 40.7 Å². The van der Waals surface area contributed by atoms with Crippen molar-refractivity contribution in [3.8, 4) is 0 Å². The Balaban J connectivity index is 2.22. The first kappa shape index (κ1) is 22.7. The quantitative estimate of drug-likeness (QED) is 0.616. The van der Waals surface area contributed by atoms with Crippen LogP contribution in [0.3, 0.4) is 0 Å². The fourth-order valence-corrected chi connectivity index (χ4v) is 3.79. The van der Waals surface area contributed by atoms with Crippen molar-refractivity contribution in [2.24, 2.45) is 5.92 Å². The molecule has 0 radical (unpaired) electrons. The molecular formula is C23H39N3O2. The smallest absolute Gasteiger partial charge is 0.416 e. The van der Waals surface area contributed by atoms with Gasteiger partial charge in [0.1, 0.15) is 11.4 Å². The van der Waals surface area contributed by atoms with E-state index in [2.05, 4.69) is 36.7 Å². The summed E-state index contributed by atoms with van der Waals surface area (Å²) >= 11 is 0. The summed E-state index contributed by atoms with van der Waals surface area (Å²) in [4.78, 5) is 21.7. The van der Waals surface area contributed by atoms with Crippen molar-refractivity contribution in [2.75, 3.05) is 18.0 Å². The minimum Gasteiger partial charge on any atom is -0.443 e. The van der Waals surface area contributed by atoms with Crippen LogP contribution in [-0.2, 0) is 4.74 Å². The standard InChI is InChI=1S/C23H39N3O2/c1-8-18(4)26(22(27)28-23(5,6)7)21-13-12-19(15-24-21)20-11-9-10-14-25(20)16-17(2)3/h12-13,15,17-18,20H,8-11,14,16H2,1-7H3/t18-,20-/m0/s1. The summed E-state index contributed by atoms with van der Waals surface area (Å²) < 4.78 is 5.62. The maximum absolute atomic E-state index is 12.8. The molecule has 0 bridgehead atoms. The lowest BCUT2D eigenvalue weighted by Crippen LogP contribution is -2.42. The van der Waals surface area contributed by atoms with Gasteiger partial charge in [0.25, 0.3) is 0 Å². The molecule has 0 unspecified atom stereocenters. The largest absolute Gasteiger partial charge is 0.443 e. The third-order valence-electron chi connectivity index (χ3n) is 5.24. The summed E-state index contributed by atoms with van der Waals surface area (Å²) in [7, 11) is 0. The highest BCUT2D eigenvalue weighted by Gasteiger charge is 2.29. The van der Waals surface area contributed by atoms with Crippen molar-refractivity contribution in [1.29, 1.82) is 0 Å². The number of likely N-dealkylation sites (tertiary alicyclic amines) is 1. The fraction of sp³-hybridized carbons (Fsp3) is 0.739. The number of ether oxygens (including phenoxy) is 1. The molecule has 1 saturated heterocycles. The van der Waals surface area contributed by atoms with Crippen LogP contribution in [0.2, 0.25) is 0 Å². The molecule has 5 nitrogen and oxygen atoms in total. The Kier molecular flexibility index (Phi) is 7.87. The van der Waals surface area contributed by atoms with E-state index in [1.165, 1.54) is 24.8 Å². The van der Waals surface area contributed by atoms with Gasteiger partial charge in [-0.3, -0.25) is 9.80 Å². The molecule has 28 heavy (non-hydrogen) atoms. The number of amides is 1. The van der Waals surface area contributed by atoms with Crippen LogP contribution >= 0.6 is 0 Å². The Morgan fingerprint density at radius 3 is 2.54 bits per heavy atom. The Bertz CT molecular complexity index is 622. The Labute approximate surface area is 171 Å². The molecular weight excluding hydrogens is 350 g/mol. The summed E-state index contributed by atoms with van der Waals surface area (Å²) in [5.74, 6) is 1.32. The van der Waals surface area contributed by atoms with Crippen molar-refractivity contribution in [3.05, 3.63) is 23.9 Å². The van der Waals surface area contributed by atoms with Gasteiger partial charge in [-0.1, -0.05) is 33.3 Å². The van der Waals surface area contributed by atoms with Gasteiger partial charge in [-0.15, -0.1) is 0 Å². The monoisotopic (exact) mass is 389 g/mol. The van der Waals surface area contributed by atoms with Crippen LogP contribution in [0.5, 0.6) is 0 Å². The van der Waals surface area contributed by atoms with Crippen LogP contribution < -0.4 is 4.90 Å². The van der Waals surface area contributed by atoms with Gasteiger partial charge >= 0.3 is 6.09 Å². The van der Waals surface area contributed by atoms with E-state index in [1.54, 1.807) is 4.90 Å². The molecule has 1 aliphatic heterocycles. The summed E-state index contributed by atoms with van der Waals surface area (Å²) in [6.07, 6.45) is 6.18. The summed E-state index contributed by atoms with van der Waals surface area (Å²) in [5.41, 5.74) is 0.722. The minimum atomic E-state index is -0.526. The van der Waals surface area contributed by atoms with Gasteiger partial charge in [0.2, 0.25) is 0 Å². The molecule has 0 saturated carbocycles. The maximum atomic E-state index is 12.8. The molecule has 158 valence electrons. The molecule has 1 aliphatic rings. The zero-order valence-corrected chi connectivity index (χ0v) is 18.9. The number of hydrogen-bond donors (Lipinski definition) is 0. The third kappa shape index (κ3) is 6.20. The molecule has 5 heteroatoms. The second-order valence-electron chi connectivity index (χ2n) is 9.46. The number of anilines is 1. The normalized spacial score (nSPS) is 19.5. The number of rotatable bonds is 6. The molecule has 2 rings (SSSR count). The zero-order chi connectivity index (χ0) is 20.9. The first-order chi connectivity index (χ1) is 13.1. The summed E-state index contributed by atoms with van der Waals surface area (Å²) in [6, 6.07) is 4.58. The number of aromatic nitrogens is 1. The topological polar surface area (TPSA) is 45.7 Å². The number of hydrogen-bond acceptors (Lipinski definition) is 4. The number of nitrogens with zero attached hydrogens (tertiary/aromatic N) is 3. The highest BCUT2D eigenvalue weighted by molar-refractivity contribution is 5.87. The number of pyridine rings is 1. The van der Waals surface area contributed by atoms with Gasteiger partial charge in [0.15, 0.2) is 0 Å². The van der Waals surface area contributed by atoms with Crippen molar-refractivity contribution < 1.29 is 9.53 Å². The zero-order valence-electron chi connectivity index (χ0n) is 18.9. The molecule has 1 aromatic rings. The Morgan fingerprint density at radius 2 is 2.00 bits per heavy atom. The van der Waals surface area contributed by atoms with Crippen molar-refractivity contribution in [3.63, 3.8) is 0 Å². The second kappa shape index (κ2) is 9.73. The molecule has 0 aliphatic carbocycles. The van der Waals surface area contributed by atoms with E-state index >= 15 is 0 Å².